The molecule has 0 aliphatic rings. The number of methoxy groups -OCH3 is 2. The summed E-state index contributed by atoms with van der Waals surface area (Å²) in [6.07, 6.45) is 5.14. The fourth-order valence-corrected chi connectivity index (χ4v) is 2.49. The van der Waals surface area contributed by atoms with E-state index in [4.69, 9.17) is 21.7 Å². The maximum absolute atomic E-state index is 12.0. The van der Waals surface area contributed by atoms with Gasteiger partial charge in [0.25, 0.3) is 0 Å². The summed E-state index contributed by atoms with van der Waals surface area (Å²) < 4.78 is 10.4. The van der Waals surface area contributed by atoms with Gasteiger partial charge in [0.15, 0.2) is 16.6 Å². The molecule has 6 heteroatoms. The SMILES string of the molecule is CCCN(CCC)C(=S)NC(=O)C=Cc1ccc(OC)c(OC)c1. The van der Waals surface area contributed by atoms with E-state index in [1.165, 1.54) is 6.08 Å². The molecule has 5 nitrogen and oxygen atoms in total. The van der Waals surface area contributed by atoms with Gasteiger partial charge in [0.1, 0.15) is 0 Å². The summed E-state index contributed by atoms with van der Waals surface area (Å²) in [6.45, 7) is 5.85. The van der Waals surface area contributed by atoms with Crippen LogP contribution < -0.4 is 14.8 Å². The van der Waals surface area contributed by atoms with Gasteiger partial charge in [-0.05, 0) is 48.8 Å². The number of thiocarbonyl (C=S) groups is 1. The molecule has 0 atom stereocenters. The molecule has 0 radical (unpaired) electrons. The van der Waals surface area contributed by atoms with E-state index < -0.39 is 0 Å². The molecule has 0 fully saturated rings. The average molecular weight is 350 g/mol. The predicted molar refractivity (Wildman–Crippen MR) is 101 cm³/mol. The second kappa shape index (κ2) is 10.6. The molecular weight excluding hydrogens is 324 g/mol. The zero-order valence-electron chi connectivity index (χ0n) is 14.8. The first-order valence-electron chi connectivity index (χ1n) is 8.05. The van der Waals surface area contributed by atoms with E-state index in [2.05, 4.69) is 19.2 Å². The Balaban J connectivity index is 2.69. The topological polar surface area (TPSA) is 50.8 Å². The van der Waals surface area contributed by atoms with E-state index >= 15 is 0 Å². The highest BCUT2D eigenvalue weighted by molar-refractivity contribution is 7.80. The van der Waals surface area contributed by atoms with Crippen molar-refractivity contribution < 1.29 is 14.3 Å². The van der Waals surface area contributed by atoms with Crippen LogP contribution in [0.4, 0.5) is 0 Å². The van der Waals surface area contributed by atoms with Crippen molar-refractivity contribution in [2.45, 2.75) is 26.7 Å². The lowest BCUT2D eigenvalue weighted by molar-refractivity contribution is -0.115. The van der Waals surface area contributed by atoms with Crippen LogP contribution in [0.5, 0.6) is 11.5 Å². The van der Waals surface area contributed by atoms with E-state index in [0.29, 0.717) is 16.6 Å². The molecule has 0 aliphatic heterocycles. The molecule has 1 aromatic rings. The summed E-state index contributed by atoms with van der Waals surface area (Å²) in [7, 11) is 3.16. The lowest BCUT2D eigenvalue weighted by Gasteiger charge is -2.23. The summed E-state index contributed by atoms with van der Waals surface area (Å²) in [5.41, 5.74) is 0.840. The van der Waals surface area contributed by atoms with Gasteiger partial charge in [-0.3, -0.25) is 10.1 Å². The highest BCUT2D eigenvalue weighted by atomic mass is 32.1. The highest BCUT2D eigenvalue weighted by Crippen LogP contribution is 2.27. The third-order valence-corrected chi connectivity index (χ3v) is 3.70. The number of rotatable bonds is 8. The van der Waals surface area contributed by atoms with Crippen LogP contribution in [0.3, 0.4) is 0 Å². The third-order valence-electron chi connectivity index (χ3n) is 3.34. The molecule has 1 amide bonds. The number of carbonyl (C=O) groups is 1. The zero-order valence-corrected chi connectivity index (χ0v) is 15.6. The Morgan fingerprint density at radius 3 is 2.33 bits per heavy atom. The summed E-state index contributed by atoms with van der Waals surface area (Å²) in [5.74, 6) is 1.02. The Morgan fingerprint density at radius 2 is 1.79 bits per heavy atom. The molecule has 0 bridgehead atoms. The summed E-state index contributed by atoms with van der Waals surface area (Å²) in [4.78, 5) is 14.1. The van der Waals surface area contributed by atoms with E-state index in [0.717, 1.165) is 31.5 Å². The second-order valence-electron chi connectivity index (χ2n) is 5.23. The largest absolute Gasteiger partial charge is 0.493 e. The van der Waals surface area contributed by atoms with Gasteiger partial charge >= 0.3 is 0 Å². The number of hydrogen-bond acceptors (Lipinski definition) is 4. The van der Waals surface area contributed by atoms with E-state index in [-0.39, 0.29) is 5.91 Å². The van der Waals surface area contributed by atoms with Crippen LogP contribution in [0.1, 0.15) is 32.3 Å². The van der Waals surface area contributed by atoms with Gasteiger partial charge in [-0.2, -0.15) is 0 Å². The minimum Gasteiger partial charge on any atom is -0.493 e. The number of ether oxygens (including phenoxy) is 2. The molecule has 132 valence electrons. The molecule has 1 rings (SSSR count). The van der Waals surface area contributed by atoms with Crippen molar-refractivity contribution in [3.63, 3.8) is 0 Å². The molecule has 0 aliphatic carbocycles. The van der Waals surface area contributed by atoms with Gasteiger partial charge in [0, 0.05) is 19.2 Å². The predicted octanol–water partition coefficient (Wildman–Crippen LogP) is 3.24. The summed E-state index contributed by atoms with van der Waals surface area (Å²) in [6, 6.07) is 5.45. The molecule has 0 unspecified atom stereocenters. The third kappa shape index (κ3) is 6.20. The molecule has 24 heavy (non-hydrogen) atoms. The molecule has 0 aromatic heterocycles. The fraction of sp³-hybridized carbons (Fsp3) is 0.444. The van der Waals surface area contributed by atoms with Gasteiger partial charge in [-0.1, -0.05) is 19.9 Å². The van der Waals surface area contributed by atoms with Crippen molar-refractivity contribution in [3.8, 4) is 11.5 Å². The van der Waals surface area contributed by atoms with E-state index in [1.54, 1.807) is 32.4 Å². The van der Waals surface area contributed by atoms with Crippen molar-refractivity contribution in [3.05, 3.63) is 29.8 Å². The first-order valence-corrected chi connectivity index (χ1v) is 8.46. The fourth-order valence-electron chi connectivity index (χ4n) is 2.21. The summed E-state index contributed by atoms with van der Waals surface area (Å²) in [5, 5.41) is 3.22. The highest BCUT2D eigenvalue weighted by Gasteiger charge is 2.09. The molecule has 0 saturated carbocycles. The van der Waals surface area contributed by atoms with Crippen LogP contribution in [-0.2, 0) is 4.79 Å². The Kier molecular flexibility index (Phi) is 8.86. The van der Waals surface area contributed by atoms with Crippen LogP contribution in [0.2, 0.25) is 0 Å². The number of hydrogen-bond donors (Lipinski definition) is 1. The zero-order chi connectivity index (χ0) is 17.9. The first-order chi connectivity index (χ1) is 11.5. The van der Waals surface area contributed by atoms with Gasteiger partial charge in [0.05, 0.1) is 14.2 Å². The number of amides is 1. The standard InChI is InChI=1S/C18H26N2O3S/c1-5-11-20(12-6-2)18(24)19-17(21)10-8-14-7-9-15(22-3)16(13-14)23-4/h7-10,13H,5-6,11-12H2,1-4H3,(H,19,21,24). The van der Waals surface area contributed by atoms with Gasteiger partial charge in [-0.15, -0.1) is 0 Å². The number of nitrogens with one attached hydrogen (secondary N) is 1. The number of carbonyl (C=O) groups excluding carboxylic acids is 1. The Hall–Kier alpha value is -2.08. The molecule has 0 saturated heterocycles. The van der Waals surface area contributed by atoms with Crippen LogP contribution in [0, 0.1) is 0 Å². The molecule has 1 aromatic carbocycles. The Morgan fingerprint density at radius 1 is 1.17 bits per heavy atom. The number of benzene rings is 1. The van der Waals surface area contributed by atoms with Gasteiger partial charge in [-0.25, -0.2) is 0 Å². The minimum absolute atomic E-state index is 0.244. The number of nitrogens with zero attached hydrogens (tertiary/aromatic N) is 1. The Bertz CT molecular complexity index is 582. The van der Waals surface area contributed by atoms with Crippen molar-refractivity contribution >= 4 is 29.3 Å². The van der Waals surface area contributed by atoms with Crippen molar-refractivity contribution in [2.24, 2.45) is 0 Å². The molecule has 1 N–H and O–H groups in total. The lowest BCUT2D eigenvalue weighted by Crippen LogP contribution is -2.42. The van der Waals surface area contributed by atoms with Crippen LogP contribution in [0.15, 0.2) is 24.3 Å². The van der Waals surface area contributed by atoms with E-state index in [1.807, 2.05) is 11.0 Å². The van der Waals surface area contributed by atoms with Crippen LogP contribution in [0.25, 0.3) is 6.08 Å². The van der Waals surface area contributed by atoms with Crippen molar-refractivity contribution in [1.29, 1.82) is 0 Å². The van der Waals surface area contributed by atoms with E-state index in [9.17, 15) is 4.79 Å². The van der Waals surface area contributed by atoms with Crippen LogP contribution in [-0.4, -0.2) is 43.2 Å². The van der Waals surface area contributed by atoms with Crippen molar-refractivity contribution in [2.75, 3.05) is 27.3 Å². The summed E-state index contributed by atoms with van der Waals surface area (Å²) >= 11 is 5.31. The average Bonchev–Trinajstić information content (AvgIpc) is 2.59. The van der Waals surface area contributed by atoms with Crippen LogP contribution >= 0.6 is 12.2 Å². The Labute approximate surface area is 149 Å². The second-order valence-corrected chi connectivity index (χ2v) is 5.62. The normalized spacial score (nSPS) is 10.5. The molecular formula is C18H26N2O3S. The first kappa shape index (κ1) is 20.0. The lowest BCUT2D eigenvalue weighted by atomic mass is 10.2. The van der Waals surface area contributed by atoms with Crippen molar-refractivity contribution in [1.82, 2.24) is 10.2 Å². The van der Waals surface area contributed by atoms with Gasteiger partial charge < -0.3 is 14.4 Å². The minimum atomic E-state index is -0.244. The quantitative estimate of drug-likeness (QED) is 0.576. The molecule has 0 spiro atoms. The molecule has 0 heterocycles. The monoisotopic (exact) mass is 350 g/mol. The maximum atomic E-state index is 12.0. The smallest absolute Gasteiger partial charge is 0.250 e. The van der Waals surface area contributed by atoms with Gasteiger partial charge in [0.2, 0.25) is 5.91 Å². The maximum Gasteiger partial charge on any atom is 0.250 e.